The zero-order chi connectivity index (χ0) is 22.2. The summed E-state index contributed by atoms with van der Waals surface area (Å²) in [6.45, 7) is 3.51. The molecule has 2 aliphatic rings. The van der Waals surface area contributed by atoms with Gasteiger partial charge in [-0.25, -0.2) is 8.78 Å². The van der Waals surface area contributed by atoms with E-state index in [0.29, 0.717) is 5.56 Å². The Balaban J connectivity index is 1.46. The van der Waals surface area contributed by atoms with Gasteiger partial charge in [0.25, 0.3) is 5.91 Å². The molecule has 0 aromatic heterocycles. The Labute approximate surface area is 176 Å². The lowest BCUT2D eigenvalue weighted by Gasteiger charge is -2.17. The number of amidine groups is 1. The van der Waals surface area contributed by atoms with Gasteiger partial charge in [0.2, 0.25) is 5.78 Å². The van der Waals surface area contributed by atoms with Crippen LogP contribution in [0.4, 0.5) is 8.78 Å². The molecule has 0 spiro atoms. The summed E-state index contributed by atoms with van der Waals surface area (Å²) in [5.41, 5.74) is -0.0242. The first-order chi connectivity index (χ1) is 14.8. The van der Waals surface area contributed by atoms with Gasteiger partial charge >= 0.3 is 0 Å². The van der Waals surface area contributed by atoms with Crippen molar-refractivity contribution in [2.24, 2.45) is 15.1 Å². The molecule has 0 bridgehead atoms. The summed E-state index contributed by atoms with van der Waals surface area (Å²) in [6.07, 6.45) is 1.34. The van der Waals surface area contributed by atoms with Crippen LogP contribution in [0.25, 0.3) is 0 Å². The molecule has 0 saturated heterocycles. The van der Waals surface area contributed by atoms with Gasteiger partial charge in [0, 0.05) is 5.56 Å². The van der Waals surface area contributed by atoms with Crippen LogP contribution < -0.4 is 5.32 Å². The van der Waals surface area contributed by atoms with Crippen molar-refractivity contribution in [1.82, 2.24) is 5.32 Å². The van der Waals surface area contributed by atoms with Crippen LogP contribution >= 0.6 is 0 Å². The van der Waals surface area contributed by atoms with Crippen molar-refractivity contribution in [3.8, 4) is 0 Å². The summed E-state index contributed by atoms with van der Waals surface area (Å²) >= 11 is 0. The molecule has 0 aliphatic carbocycles. The van der Waals surface area contributed by atoms with Crippen LogP contribution in [0.2, 0.25) is 0 Å². The van der Waals surface area contributed by atoms with Crippen LogP contribution in [0.3, 0.4) is 0 Å². The van der Waals surface area contributed by atoms with E-state index in [1.165, 1.54) is 12.3 Å². The Bertz CT molecular complexity index is 1150. The molecule has 0 fully saturated rings. The second-order valence-electron chi connectivity index (χ2n) is 7.57. The van der Waals surface area contributed by atoms with E-state index < -0.39 is 28.7 Å². The molecule has 0 saturated carbocycles. The molecule has 0 radical (unpaired) electrons. The fourth-order valence-electron chi connectivity index (χ4n) is 3.20. The third kappa shape index (κ3) is 3.98. The number of hydrogen-bond acceptors (Lipinski definition) is 6. The molecule has 1 N–H and O–H groups in total. The molecule has 4 rings (SSSR count). The monoisotopic (exact) mass is 424 g/mol. The van der Waals surface area contributed by atoms with Gasteiger partial charge < -0.3 is 10.2 Å². The second kappa shape index (κ2) is 7.82. The molecule has 1 amide bonds. The number of amides is 1. The standard InChI is InChI=1S/C22H18F2N4O3/c1-22(2)20(29)19(28-31-22)13-6-3-5-12(9-13)16-10-26-17(11-25-16)27-21(30)18-14(23)7-4-8-15(18)24/h3-9,11,16H,10H2,1-2H3,(H,26,27,30). The topological polar surface area (TPSA) is 92.5 Å². The van der Waals surface area contributed by atoms with E-state index in [9.17, 15) is 18.4 Å². The molecule has 31 heavy (non-hydrogen) atoms. The lowest BCUT2D eigenvalue weighted by atomic mass is 9.94. The molecule has 2 aliphatic heterocycles. The van der Waals surface area contributed by atoms with Gasteiger partial charge in [-0.3, -0.25) is 19.6 Å². The Kier molecular flexibility index (Phi) is 5.18. The lowest BCUT2D eigenvalue weighted by molar-refractivity contribution is -0.128. The normalized spacial score (nSPS) is 19.5. The zero-order valence-corrected chi connectivity index (χ0v) is 16.7. The minimum Gasteiger partial charge on any atom is -0.381 e. The lowest BCUT2D eigenvalue weighted by Crippen LogP contribution is -2.34. The van der Waals surface area contributed by atoms with Crippen molar-refractivity contribution in [1.29, 1.82) is 0 Å². The van der Waals surface area contributed by atoms with E-state index in [-0.39, 0.29) is 29.9 Å². The van der Waals surface area contributed by atoms with Crippen molar-refractivity contribution in [3.63, 3.8) is 0 Å². The second-order valence-corrected chi connectivity index (χ2v) is 7.57. The number of nitrogens with zero attached hydrogens (tertiary/aromatic N) is 3. The quantitative estimate of drug-likeness (QED) is 0.821. The first-order valence-electron chi connectivity index (χ1n) is 9.50. The first-order valence-corrected chi connectivity index (χ1v) is 9.50. The highest BCUT2D eigenvalue weighted by molar-refractivity contribution is 6.49. The van der Waals surface area contributed by atoms with Gasteiger partial charge in [-0.15, -0.1) is 0 Å². The minimum absolute atomic E-state index is 0.102. The first kappa shape index (κ1) is 20.5. The number of rotatable bonds is 3. The summed E-state index contributed by atoms with van der Waals surface area (Å²) in [4.78, 5) is 38.4. The van der Waals surface area contributed by atoms with Gasteiger partial charge in [-0.2, -0.15) is 0 Å². The van der Waals surface area contributed by atoms with Gasteiger partial charge in [0.15, 0.2) is 11.3 Å². The molecule has 1 unspecified atom stereocenters. The molecule has 1 atom stereocenters. The van der Waals surface area contributed by atoms with Crippen molar-refractivity contribution in [2.75, 3.05) is 6.54 Å². The number of halogens is 2. The third-order valence-electron chi connectivity index (χ3n) is 4.91. The van der Waals surface area contributed by atoms with Crippen LogP contribution in [0, 0.1) is 11.6 Å². The Morgan fingerprint density at radius 1 is 1.16 bits per heavy atom. The van der Waals surface area contributed by atoms with Crippen LogP contribution in [0.5, 0.6) is 0 Å². The molecule has 2 aromatic carbocycles. The fourth-order valence-corrected chi connectivity index (χ4v) is 3.20. The molecule has 7 nitrogen and oxygen atoms in total. The average molecular weight is 424 g/mol. The van der Waals surface area contributed by atoms with Crippen molar-refractivity contribution >= 4 is 29.5 Å². The average Bonchev–Trinajstić information content (AvgIpc) is 3.01. The molecular formula is C22H18F2N4O3. The maximum absolute atomic E-state index is 13.8. The number of Topliss-reactive ketones (excluding diaryl/α,β-unsaturated/α-hetero) is 1. The highest BCUT2D eigenvalue weighted by Crippen LogP contribution is 2.26. The largest absolute Gasteiger partial charge is 0.381 e. The summed E-state index contributed by atoms with van der Waals surface area (Å²) in [5.74, 6) is -2.97. The molecule has 158 valence electrons. The number of hydrogen-bond donors (Lipinski definition) is 1. The van der Waals surface area contributed by atoms with Crippen LogP contribution in [0.15, 0.2) is 57.6 Å². The summed E-state index contributed by atoms with van der Waals surface area (Å²) in [6, 6.07) is 10.0. The number of benzene rings is 2. The molecule has 2 heterocycles. The van der Waals surface area contributed by atoms with Crippen molar-refractivity contribution in [2.45, 2.75) is 25.5 Å². The molecule has 2 aromatic rings. The number of carbonyl (C=O) groups is 2. The highest BCUT2D eigenvalue weighted by atomic mass is 19.1. The number of aliphatic imine (C=N–C) groups is 2. The summed E-state index contributed by atoms with van der Waals surface area (Å²) in [7, 11) is 0. The van der Waals surface area contributed by atoms with Crippen LogP contribution in [-0.4, -0.2) is 41.6 Å². The maximum atomic E-state index is 13.8. The Hall–Kier alpha value is -3.75. The van der Waals surface area contributed by atoms with Crippen molar-refractivity contribution < 1.29 is 23.2 Å². The SMILES string of the molecule is CC1(C)ON=C(c2cccc(C3CN=C(NC(=O)c4c(F)cccc4F)C=N3)c2)C1=O. The van der Waals surface area contributed by atoms with Crippen LogP contribution in [0.1, 0.15) is 41.4 Å². The number of carbonyl (C=O) groups excluding carboxylic acids is 2. The highest BCUT2D eigenvalue weighted by Gasteiger charge is 2.40. The third-order valence-corrected chi connectivity index (χ3v) is 4.91. The van der Waals surface area contributed by atoms with E-state index in [2.05, 4.69) is 20.5 Å². The van der Waals surface area contributed by atoms with Gasteiger partial charge in [-0.05, 0) is 37.6 Å². The smallest absolute Gasteiger partial charge is 0.262 e. The van der Waals surface area contributed by atoms with E-state index >= 15 is 0 Å². The van der Waals surface area contributed by atoms with E-state index in [1.54, 1.807) is 32.0 Å². The Morgan fingerprint density at radius 2 is 1.87 bits per heavy atom. The summed E-state index contributed by atoms with van der Waals surface area (Å²) < 4.78 is 27.5. The minimum atomic E-state index is -0.997. The van der Waals surface area contributed by atoms with Crippen molar-refractivity contribution in [3.05, 3.63) is 70.8 Å². The number of nitrogens with one attached hydrogen (secondary N) is 1. The van der Waals surface area contributed by atoms with Gasteiger partial charge in [0.05, 0.1) is 18.8 Å². The number of ketones is 1. The van der Waals surface area contributed by atoms with Gasteiger partial charge in [0.1, 0.15) is 23.0 Å². The van der Waals surface area contributed by atoms with Gasteiger partial charge in [-0.1, -0.05) is 29.4 Å². The molecule has 9 heteroatoms. The summed E-state index contributed by atoms with van der Waals surface area (Å²) in [5, 5.41) is 6.27. The molecular weight excluding hydrogens is 406 g/mol. The fraction of sp³-hybridized carbons (Fsp3) is 0.227. The van der Waals surface area contributed by atoms with Crippen LogP contribution in [-0.2, 0) is 9.63 Å². The van der Waals surface area contributed by atoms with E-state index in [1.807, 2.05) is 6.07 Å². The van der Waals surface area contributed by atoms with E-state index in [0.717, 1.165) is 17.7 Å². The maximum Gasteiger partial charge on any atom is 0.262 e. The Morgan fingerprint density at radius 3 is 2.48 bits per heavy atom. The predicted octanol–water partition coefficient (Wildman–Crippen LogP) is 3.00. The predicted molar refractivity (Wildman–Crippen MR) is 111 cm³/mol. The number of oxime groups is 1. The zero-order valence-electron chi connectivity index (χ0n) is 16.7. The van der Waals surface area contributed by atoms with E-state index in [4.69, 9.17) is 4.84 Å².